The van der Waals surface area contributed by atoms with Crippen LogP contribution in [0.2, 0.25) is 0 Å². The van der Waals surface area contributed by atoms with E-state index in [0.29, 0.717) is 0 Å². The topological polar surface area (TPSA) is 86.4 Å². The quantitative estimate of drug-likeness (QED) is 0.243. The van der Waals surface area contributed by atoms with Crippen LogP contribution in [0, 0.1) is 4.91 Å². The molecular formula is C4H8N4O2. The minimum Gasteiger partial charge on any atom is -0.290 e. The highest BCUT2D eigenvalue weighted by Gasteiger charge is 1.85. The van der Waals surface area contributed by atoms with Crippen LogP contribution in [0.3, 0.4) is 0 Å². The van der Waals surface area contributed by atoms with Crippen molar-refractivity contribution in [2.45, 2.75) is 13.8 Å². The summed E-state index contributed by atoms with van der Waals surface area (Å²) in [4.78, 5) is 9.67. The predicted octanol–water partition coefficient (Wildman–Crippen LogP) is 0.483. The SMILES string of the molecule is C/C(N=O)=N/N=C(/C)NO. The smallest absolute Gasteiger partial charge is 0.192 e. The summed E-state index contributed by atoms with van der Waals surface area (Å²) < 4.78 is 0. The van der Waals surface area contributed by atoms with Crippen LogP contribution in [0.15, 0.2) is 15.4 Å². The Morgan fingerprint density at radius 2 is 2.00 bits per heavy atom. The van der Waals surface area contributed by atoms with Crippen LogP contribution in [0.25, 0.3) is 0 Å². The molecule has 0 heterocycles. The maximum Gasteiger partial charge on any atom is 0.192 e. The van der Waals surface area contributed by atoms with Gasteiger partial charge >= 0.3 is 0 Å². The number of nitrogens with zero attached hydrogens (tertiary/aromatic N) is 3. The second-order valence-corrected chi connectivity index (χ2v) is 1.54. The van der Waals surface area contributed by atoms with Gasteiger partial charge in [0.05, 0.1) is 0 Å². The van der Waals surface area contributed by atoms with Gasteiger partial charge in [-0.1, -0.05) is 0 Å². The van der Waals surface area contributed by atoms with E-state index in [2.05, 4.69) is 15.4 Å². The van der Waals surface area contributed by atoms with Crippen molar-refractivity contribution in [2.75, 3.05) is 0 Å². The maximum atomic E-state index is 9.67. The first-order valence-electron chi connectivity index (χ1n) is 2.53. The Morgan fingerprint density at radius 1 is 1.40 bits per heavy atom. The molecule has 0 bridgehead atoms. The van der Waals surface area contributed by atoms with Gasteiger partial charge in [-0.05, 0) is 12.1 Å². The molecule has 0 aliphatic heterocycles. The van der Waals surface area contributed by atoms with Gasteiger partial charge in [-0.15, -0.1) is 15.1 Å². The van der Waals surface area contributed by atoms with Crippen molar-refractivity contribution in [3.63, 3.8) is 0 Å². The summed E-state index contributed by atoms with van der Waals surface area (Å²) >= 11 is 0. The molecule has 0 saturated heterocycles. The van der Waals surface area contributed by atoms with Crippen LogP contribution in [0.4, 0.5) is 0 Å². The van der Waals surface area contributed by atoms with Gasteiger partial charge in [-0.3, -0.25) is 10.7 Å². The van der Waals surface area contributed by atoms with Crippen LogP contribution in [0.1, 0.15) is 13.8 Å². The van der Waals surface area contributed by atoms with Crippen LogP contribution in [-0.2, 0) is 0 Å². The zero-order valence-corrected chi connectivity index (χ0v) is 5.70. The van der Waals surface area contributed by atoms with Crippen molar-refractivity contribution in [1.29, 1.82) is 0 Å². The summed E-state index contributed by atoms with van der Waals surface area (Å²) in [6, 6.07) is 0. The molecule has 0 fully saturated rings. The first kappa shape index (κ1) is 8.70. The van der Waals surface area contributed by atoms with Gasteiger partial charge in [0, 0.05) is 6.92 Å². The Bertz CT molecular complexity index is 174. The minimum absolute atomic E-state index is 0.00889. The fraction of sp³-hybridized carbons (Fsp3) is 0.500. The standard InChI is InChI=1S/C4H8N4O2/c1-3(7-9)5-6-4(2)8-10/h9H,1-2H3,(H,5,7)/b6-4-. The van der Waals surface area contributed by atoms with Gasteiger partial charge < -0.3 is 0 Å². The third-order valence-electron chi connectivity index (χ3n) is 0.639. The van der Waals surface area contributed by atoms with E-state index >= 15 is 0 Å². The van der Waals surface area contributed by atoms with E-state index in [1.165, 1.54) is 13.8 Å². The summed E-state index contributed by atoms with van der Waals surface area (Å²) in [6.45, 7) is 2.89. The second kappa shape index (κ2) is 4.57. The van der Waals surface area contributed by atoms with Gasteiger partial charge in [0.2, 0.25) is 0 Å². The molecule has 6 nitrogen and oxygen atoms in total. The molecule has 0 aromatic carbocycles. The van der Waals surface area contributed by atoms with E-state index in [1.54, 1.807) is 5.48 Å². The van der Waals surface area contributed by atoms with Gasteiger partial charge in [-0.2, -0.15) is 0 Å². The van der Waals surface area contributed by atoms with E-state index in [9.17, 15) is 4.91 Å². The molecule has 0 aliphatic carbocycles. The number of rotatable bonds is 1. The Morgan fingerprint density at radius 3 is 2.40 bits per heavy atom. The molecule has 0 aromatic heterocycles. The zero-order valence-electron chi connectivity index (χ0n) is 5.70. The van der Waals surface area contributed by atoms with Crippen molar-refractivity contribution in [2.24, 2.45) is 15.4 Å². The molecule has 0 radical (unpaired) electrons. The highest BCUT2D eigenvalue weighted by Crippen LogP contribution is 1.80. The normalized spacial score (nSPS) is 13.1. The Hall–Kier alpha value is -1.30. The third-order valence-corrected chi connectivity index (χ3v) is 0.639. The molecule has 0 spiro atoms. The largest absolute Gasteiger partial charge is 0.290 e. The number of hydrogen-bond acceptors (Lipinski definition) is 4. The number of nitrogens with one attached hydrogen (secondary N) is 1. The Labute approximate surface area is 57.6 Å². The fourth-order valence-electron chi connectivity index (χ4n) is 0.188. The molecule has 0 amide bonds. The summed E-state index contributed by atoms with van der Waals surface area (Å²) in [6.07, 6.45) is 0. The van der Waals surface area contributed by atoms with E-state index in [-0.39, 0.29) is 11.7 Å². The van der Waals surface area contributed by atoms with Crippen LogP contribution in [0.5, 0.6) is 0 Å². The average molecular weight is 144 g/mol. The molecule has 0 aromatic rings. The Balaban J connectivity index is 4.03. The minimum atomic E-state index is 0.00889. The summed E-state index contributed by atoms with van der Waals surface area (Å²) in [5, 5.41) is 17.3. The van der Waals surface area contributed by atoms with Gasteiger partial charge in [-0.25, -0.2) is 0 Å². The fourth-order valence-corrected chi connectivity index (χ4v) is 0.188. The highest BCUT2D eigenvalue weighted by atomic mass is 16.5. The number of amidine groups is 2. The van der Waals surface area contributed by atoms with Crippen molar-refractivity contribution < 1.29 is 5.21 Å². The second-order valence-electron chi connectivity index (χ2n) is 1.54. The first-order valence-corrected chi connectivity index (χ1v) is 2.53. The molecule has 2 N–H and O–H groups in total. The summed E-state index contributed by atoms with van der Waals surface area (Å²) in [7, 11) is 0. The van der Waals surface area contributed by atoms with Crippen molar-refractivity contribution in [3.8, 4) is 0 Å². The molecule has 0 aliphatic rings. The van der Waals surface area contributed by atoms with E-state index in [1.807, 2.05) is 0 Å². The molecule has 6 heteroatoms. The number of hydrogen-bond donors (Lipinski definition) is 2. The van der Waals surface area contributed by atoms with Crippen LogP contribution in [-0.4, -0.2) is 16.9 Å². The summed E-state index contributed by atoms with van der Waals surface area (Å²) in [5.74, 6) is 0.206. The van der Waals surface area contributed by atoms with Gasteiger partial charge in [0.1, 0.15) is 5.84 Å². The highest BCUT2D eigenvalue weighted by molar-refractivity contribution is 5.82. The molecule has 0 atom stereocenters. The monoisotopic (exact) mass is 144 g/mol. The lowest BCUT2D eigenvalue weighted by atomic mass is 10.7. The van der Waals surface area contributed by atoms with Gasteiger partial charge in [0.25, 0.3) is 0 Å². The molecule has 0 rings (SSSR count). The maximum absolute atomic E-state index is 9.67. The average Bonchev–Trinajstić information content (AvgIpc) is 1.99. The van der Waals surface area contributed by atoms with Crippen molar-refractivity contribution in [3.05, 3.63) is 4.91 Å². The van der Waals surface area contributed by atoms with Crippen LogP contribution < -0.4 is 5.48 Å². The van der Waals surface area contributed by atoms with E-state index in [4.69, 9.17) is 5.21 Å². The lowest BCUT2D eigenvalue weighted by molar-refractivity contribution is 0.233. The van der Waals surface area contributed by atoms with E-state index in [0.717, 1.165) is 0 Å². The van der Waals surface area contributed by atoms with Crippen molar-refractivity contribution in [1.82, 2.24) is 5.48 Å². The lowest BCUT2D eigenvalue weighted by Crippen LogP contribution is -2.13. The predicted molar refractivity (Wildman–Crippen MR) is 36.9 cm³/mol. The third kappa shape index (κ3) is 3.67. The van der Waals surface area contributed by atoms with E-state index < -0.39 is 0 Å². The molecule has 0 saturated carbocycles. The molecule has 0 unspecified atom stereocenters. The van der Waals surface area contributed by atoms with Crippen LogP contribution >= 0.6 is 0 Å². The molecule has 10 heavy (non-hydrogen) atoms. The van der Waals surface area contributed by atoms with Crippen molar-refractivity contribution >= 4 is 11.7 Å². The zero-order chi connectivity index (χ0) is 7.98. The number of hydroxylamine groups is 1. The number of nitroso groups, excluding NO2 is 1. The summed E-state index contributed by atoms with van der Waals surface area (Å²) in [5.41, 5.74) is 1.74. The molecular weight excluding hydrogens is 136 g/mol. The first-order chi connectivity index (χ1) is 4.70. The van der Waals surface area contributed by atoms with Gasteiger partial charge in [0.15, 0.2) is 5.84 Å². The lowest BCUT2D eigenvalue weighted by Gasteiger charge is -1.89. The Kier molecular flexibility index (Phi) is 3.97. The molecule has 56 valence electrons.